The Kier molecular flexibility index (Phi) is 16.7. The molecule has 29 atom stereocenters. The molecule has 0 aromatic rings. The first-order valence-electron chi connectivity index (χ1n) is 27.7. The monoisotopic (exact) mass is 1060 g/mol. The fourth-order valence-corrected chi connectivity index (χ4v) is 16.9. The zero-order chi connectivity index (χ0) is 53.8. The van der Waals surface area contributed by atoms with Crippen LogP contribution in [0.3, 0.4) is 0 Å². The minimum Gasteiger partial charge on any atom is -0.394 e. The fraction of sp³-hybridized carbons (Fsp3) is 0.963. The van der Waals surface area contributed by atoms with Gasteiger partial charge < -0.3 is 99.2 Å². The van der Waals surface area contributed by atoms with Crippen molar-refractivity contribution in [1.82, 2.24) is 0 Å². The molecular formula is C54H90O20. The Morgan fingerprint density at radius 3 is 1.96 bits per heavy atom. The van der Waals surface area contributed by atoms with E-state index in [0.29, 0.717) is 24.2 Å². The first-order chi connectivity index (χ1) is 34.8. The topological polar surface area (TPSA) is 317 Å². The first kappa shape index (κ1) is 57.6. The quantitative estimate of drug-likeness (QED) is 0.0785. The molecular weight excluding hydrogens is 969 g/mol. The molecule has 0 amide bonds. The zero-order valence-corrected chi connectivity index (χ0v) is 44.5. The average molecular weight is 1060 g/mol. The number of fused-ring (bicyclic) bond motifs is 2. The molecule has 20 heteroatoms. The Bertz CT molecular complexity index is 1960. The molecule has 12 N–H and O–H groups in total. The molecule has 2 spiro atoms. The molecule has 9 aliphatic rings. The van der Waals surface area contributed by atoms with Crippen LogP contribution < -0.4 is 0 Å². The van der Waals surface area contributed by atoms with E-state index in [0.717, 1.165) is 50.5 Å². The molecule has 5 saturated carbocycles. The van der Waals surface area contributed by atoms with Crippen molar-refractivity contribution in [1.29, 1.82) is 0 Å². The van der Waals surface area contributed by atoms with Crippen LogP contribution in [-0.4, -0.2) is 210 Å². The summed E-state index contributed by atoms with van der Waals surface area (Å²) in [7, 11) is 0. The Labute approximate surface area is 435 Å². The Morgan fingerprint density at radius 1 is 0.622 bits per heavy atom. The predicted octanol–water partition coefficient (Wildman–Crippen LogP) is 0.493. The summed E-state index contributed by atoms with van der Waals surface area (Å²) in [5, 5.41) is 130. The second kappa shape index (κ2) is 21.4. The van der Waals surface area contributed by atoms with Crippen LogP contribution in [0.4, 0.5) is 0 Å². The first-order valence-corrected chi connectivity index (χ1v) is 27.7. The van der Waals surface area contributed by atoms with Gasteiger partial charge in [0.15, 0.2) is 25.2 Å². The predicted molar refractivity (Wildman–Crippen MR) is 260 cm³/mol. The van der Waals surface area contributed by atoms with Gasteiger partial charge in [-0.05, 0) is 136 Å². The average Bonchev–Trinajstić information content (AvgIpc) is 3.97. The summed E-state index contributed by atoms with van der Waals surface area (Å²) < 4.78 is 48.7. The van der Waals surface area contributed by atoms with Gasteiger partial charge in [0.05, 0.1) is 50.3 Å². The van der Waals surface area contributed by atoms with Gasteiger partial charge in [-0.3, -0.25) is 0 Å². The lowest BCUT2D eigenvalue weighted by Crippen LogP contribution is -2.66. The summed E-state index contributed by atoms with van der Waals surface area (Å²) in [5.74, 6) is 1.52. The van der Waals surface area contributed by atoms with Crippen LogP contribution >= 0.6 is 0 Å². The Morgan fingerprint density at radius 2 is 1.26 bits per heavy atom. The highest BCUT2D eigenvalue weighted by Gasteiger charge is 2.82. The van der Waals surface area contributed by atoms with Crippen molar-refractivity contribution in [3.05, 3.63) is 11.6 Å². The van der Waals surface area contributed by atoms with E-state index in [9.17, 15) is 61.3 Å². The van der Waals surface area contributed by atoms with Crippen LogP contribution in [-0.2, 0) is 37.9 Å². The van der Waals surface area contributed by atoms with E-state index in [1.807, 2.05) is 13.0 Å². The van der Waals surface area contributed by atoms with Crippen molar-refractivity contribution in [2.45, 2.75) is 255 Å². The molecule has 0 bridgehead atoms. The van der Waals surface area contributed by atoms with Gasteiger partial charge in [0.2, 0.25) is 0 Å². The summed E-state index contributed by atoms with van der Waals surface area (Å²) in [6.45, 7) is 15.7. The number of hydrogen-bond donors (Lipinski definition) is 12. The molecule has 0 aromatic carbocycles. The van der Waals surface area contributed by atoms with E-state index < -0.39 is 136 Å². The Balaban J connectivity index is 0.866. The van der Waals surface area contributed by atoms with Crippen molar-refractivity contribution in [3.63, 3.8) is 0 Å². The number of rotatable bonds is 15. The van der Waals surface area contributed by atoms with Crippen molar-refractivity contribution in [3.8, 4) is 0 Å². The van der Waals surface area contributed by atoms with Gasteiger partial charge in [-0.15, -0.1) is 0 Å². The second-order valence-electron chi connectivity index (χ2n) is 25.5. The van der Waals surface area contributed by atoms with Gasteiger partial charge in [0.25, 0.3) is 0 Å². The van der Waals surface area contributed by atoms with Gasteiger partial charge in [-0.25, -0.2) is 0 Å². The lowest BCUT2D eigenvalue weighted by Gasteiger charge is -2.63. The van der Waals surface area contributed by atoms with Crippen LogP contribution in [0, 0.1) is 50.7 Å². The Hall–Kier alpha value is -1.06. The maximum absolute atomic E-state index is 11.9. The number of aliphatic hydroxyl groups is 12. The minimum atomic E-state index is -1.85. The van der Waals surface area contributed by atoms with E-state index in [-0.39, 0.29) is 52.1 Å². The molecule has 0 aromatic heterocycles. The third-order valence-electron chi connectivity index (χ3n) is 21.6. The van der Waals surface area contributed by atoms with Crippen molar-refractivity contribution < 1.29 is 99.2 Å². The standard InChI is InChI=1S/C54H90O20/c1-24(20-55)9-10-29(57)25(2)28-13-15-52(8)34-12-11-33-50(5,6)35(14-16-53(33)23-54(34,53)18-17-51(28,52)7)72-47-44(66)42(64)45(27(4)69-47)73-49-46(74-48-43(65)40(62)37(59)26(3)68-48)41(63)39(61)32(71-49)22-67-36-19-30(58)38(60)31(21-56)70-36/h9,25-49,55-66H,10-23H2,1-8H3/b24-9+/t25-,26-,27+,28+,29-,30+,31+,32+,33-,34-,35-,36+,37-,38-,39+,40+,41-,42+,43+,44+,45-,46+,47-,48-,49-,51+,52-,53+,54-/m0/s1. The highest BCUT2D eigenvalue weighted by Crippen LogP contribution is 2.89. The maximum atomic E-state index is 11.9. The number of aliphatic hydroxyl groups excluding tert-OH is 12. The van der Waals surface area contributed by atoms with E-state index in [1.54, 1.807) is 6.92 Å². The SMILES string of the molecule is C/C(=C\C[C@H](O)[C@@H](C)[C@H]1CC[C@@]2(C)[C@@H]3CC[C@H]4C(C)(C)[C@@H](O[C@@H]5O[C@H](C)[C@H](O[C@@H]6O[C@H](CO[C@H]7C[C@@H](O)[C@H](O)[C@@H](CO)O7)[C@@H](O)[C@H](O)[C@H]6O[C@@H]6O[C@@H](C)[C@H](O)[C@@H](O)[C@H]6O)[C@H](O)[C@H]5O)CC[C@@]45C[C@@]35CC[C@]12C)CO. The van der Waals surface area contributed by atoms with Crippen molar-refractivity contribution in [2.24, 2.45) is 50.7 Å². The van der Waals surface area contributed by atoms with Gasteiger partial charge in [0, 0.05) is 6.42 Å². The van der Waals surface area contributed by atoms with Crippen molar-refractivity contribution >= 4 is 0 Å². The molecule has 9 fully saturated rings. The van der Waals surface area contributed by atoms with Gasteiger partial charge in [-0.1, -0.05) is 46.3 Å². The number of ether oxygens (including phenoxy) is 8. The van der Waals surface area contributed by atoms with Crippen molar-refractivity contribution in [2.75, 3.05) is 19.8 Å². The third kappa shape index (κ3) is 9.52. The second-order valence-corrected chi connectivity index (χ2v) is 25.5. The van der Waals surface area contributed by atoms with Crippen LogP contribution in [0.1, 0.15) is 126 Å². The molecule has 4 saturated heterocycles. The molecule has 9 rings (SSSR count). The summed E-state index contributed by atoms with van der Waals surface area (Å²) in [4.78, 5) is 0. The zero-order valence-electron chi connectivity index (χ0n) is 44.5. The van der Waals surface area contributed by atoms with Gasteiger partial charge in [0.1, 0.15) is 73.2 Å². The van der Waals surface area contributed by atoms with Crippen LogP contribution in [0.2, 0.25) is 0 Å². The summed E-state index contributed by atoms with van der Waals surface area (Å²) in [6, 6.07) is 0. The van der Waals surface area contributed by atoms with E-state index in [4.69, 9.17) is 37.9 Å². The largest absolute Gasteiger partial charge is 0.394 e. The molecule has 426 valence electrons. The highest BCUT2D eigenvalue weighted by atomic mass is 16.8. The van der Waals surface area contributed by atoms with Gasteiger partial charge >= 0.3 is 0 Å². The third-order valence-corrected chi connectivity index (χ3v) is 21.6. The number of hydrogen-bond acceptors (Lipinski definition) is 20. The van der Waals surface area contributed by atoms with Crippen LogP contribution in [0.5, 0.6) is 0 Å². The van der Waals surface area contributed by atoms with Crippen LogP contribution in [0.15, 0.2) is 11.6 Å². The molecule has 74 heavy (non-hydrogen) atoms. The summed E-state index contributed by atoms with van der Waals surface area (Å²) >= 11 is 0. The lowest BCUT2D eigenvalue weighted by molar-refractivity contribution is -0.390. The van der Waals surface area contributed by atoms with Gasteiger partial charge in [-0.2, -0.15) is 0 Å². The molecule has 20 nitrogen and oxygen atoms in total. The highest BCUT2D eigenvalue weighted by molar-refractivity contribution is 5.31. The van der Waals surface area contributed by atoms with E-state index >= 15 is 0 Å². The lowest BCUT2D eigenvalue weighted by atomic mass is 9.41. The summed E-state index contributed by atoms with van der Waals surface area (Å²) in [5.41, 5.74) is 1.26. The summed E-state index contributed by atoms with van der Waals surface area (Å²) in [6.07, 6.45) is -16.6. The molecule has 0 unspecified atom stereocenters. The molecule has 0 radical (unpaired) electrons. The van der Waals surface area contributed by atoms with E-state index in [1.165, 1.54) is 19.8 Å². The normalized spacial score (nSPS) is 54.1. The minimum absolute atomic E-state index is 0.00216. The maximum Gasteiger partial charge on any atom is 0.187 e. The fourth-order valence-electron chi connectivity index (χ4n) is 16.9. The van der Waals surface area contributed by atoms with E-state index in [2.05, 4.69) is 34.6 Å². The smallest absolute Gasteiger partial charge is 0.187 e. The molecule has 4 heterocycles. The molecule has 5 aliphatic carbocycles. The van der Waals surface area contributed by atoms with Crippen LogP contribution in [0.25, 0.3) is 0 Å². The molecule has 4 aliphatic heterocycles.